The van der Waals surface area contributed by atoms with Gasteiger partial charge in [-0.2, -0.15) is 18.4 Å². The molecule has 96 valence electrons. The van der Waals surface area contributed by atoms with E-state index in [0.29, 0.717) is 18.8 Å². The van der Waals surface area contributed by atoms with Crippen molar-refractivity contribution in [2.45, 2.75) is 50.7 Å². The Balaban J connectivity index is 2.59. The number of halogens is 3. The molecule has 3 nitrogen and oxygen atoms in total. The second kappa shape index (κ2) is 4.94. The molecule has 1 rings (SSSR count). The van der Waals surface area contributed by atoms with Gasteiger partial charge in [-0.1, -0.05) is 6.92 Å². The lowest BCUT2D eigenvalue weighted by Crippen LogP contribution is -2.50. The lowest BCUT2D eigenvalue weighted by molar-refractivity contribution is -0.154. The predicted octanol–water partition coefficient (Wildman–Crippen LogP) is 2.53. The third-order valence-electron chi connectivity index (χ3n) is 3.08. The van der Waals surface area contributed by atoms with E-state index >= 15 is 0 Å². The zero-order chi connectivity index (χ0) is 13.1. The van der Waals surface area contributed by atoms with Gasteiger partial charge in [0.2, 0.25) is 5.91 Å². The molecule has 1 amide bonds. The first kappa shape index (κ1) is 13.8. The van der Waals surface area contributed by atoms with Crippen molar-refractivity contribution in [2.24, 2.45) is 5.92 Å². The molecule has 1 aliphatic rings. The number of hydrogen-bond donors (Lipinski definition) is 1. The number of rotatable bonds is 2. The third kappa shape index (κ3) is 4.25. The summed E-state index contributed by atoms with van der Waals surface area (Å²) in [7, 11) is 0. The maximum atomic E-state index is 12.0. The maximum absolute atomic E-state index is 12.0. The quantitative estimate of drug-likeness (QED) is 0.816. The predicted molar refractivity (Wildman–Crippen MR) is 54.8 cm³/mol. The Morgan fingerprint density at radius 3 is 2.41 bits per heavy atom. The first-order valence-corrected chi connectivity index (χ1v) is 5.55. The average Bonchev–Trinajstić information content (AvgIpc) is 2.19. The van der Waals surface area contributed by atoms with Crippen LogP contribution in [0, 0.1) is 17.2 Å². The van der Waals surface area contributed by atoms with Crippen molar-refractivity contribution in [1.29, 1.82) is 5.26 Å². The van der Waals surface area contributed by atoms with E-state index in [1.54, 1.807) is 0 Å². The van der Waals surface area contributed by atoms with Crippen molar-refractivity contribution in [3.05, 3.63) is 0 Å². The number of amides is 1. The largest absolute Gasteiger partial charge is 0.397 e. The fourth-order valence-corrected chi connectivity index (χ4v) is 2.01. The van der Waals surface area contributed by atoms with E-state index < -0.39 is 24.0 Å². The third-order valence-corrected chi connectivity index (χ3v) is 3.08. The van der Waals surface area contributed by atoms with Crippen molar-refractivity contribution in [1.82, 2.24) is 5.32 Å². The van der Waals surface area contributed by atoms with Gasteiger partial charge in [0.1, 0.15) is 12.0 Å². The van der Waals surface area contributed by atoms with Crippen molar-refractivity contribution >= 4 is 5.91 Å². The van der Waals surface area contributed by atoms with Crippen LogP contribution in [0.25, 0.3) is 0 Å². The highest BCUT2D eigenvalue weighted by Crippen LogP contribution is 2.32. The van der Waals surface area contributed by atoms with E-state index in [1.165, 1.54) is 0 Å². The number of carbonyl (C=O) groups excluding carboxylic acids is 1. The molecule has 0 heterocycles. The van der Waals surface area contributed by atoms with Gasteiger partial charge in [-0.05, 0) is 31.6 Å². The van der Waals surface area contributed by atoms with Gasteiger partial charge in [0.15, 0.2) is 0 Å². The normalized spacial score (nSPS) is 29.5. The summed E-state index contributed by atoms with van der Waals surface area (Å²) in [6, 6.07) is 1.96. The number of alkyl halides is 3. The molecule has 1 aliphatic carbocycles. The Kier molecular flexibility index (Phi) is 4.02. The summed E-state index contributed by atoms with van der Waals surface area (Å²) in [5, 5.41) is 11.3. The Morgan fingerprint density at radius 2 is 2.00 bits per heavy atom. The zero-order valence-corrected chi connectivity index (χ0v) is 9.60. The summed E-state index contributed by atoms with van der Waals surface area (Å²) in [6.45, 7) is 2.03. The number of carbonyl (C=O) groups is 1. The molecular weight excluding hydrogens is 233 g/mol. The van der Waals surface area contributed by atoms with Gasteiger partial charge in [-0.3, -0.25) is 4.79 Å². The van der Waals surface area contributed by atoms with E-state index in [1.807, 2.05) is 13.0 Å². The molecule has 0 radical (unpaired) electrons. The minimum Gasteiger partial charge on any atom is -0.338 e. The van der Waals surface area contributed by atoms with Gasteiger partial charge in [-0.15, -0.1) is 0 Å². The van der Waals surface area contributed by atoms with Crippen LogP contribution in [-0.2, 0) is 4.79 Å². The topological polar surface area (TPSA) is 52.9 Å². The fourth-order valence-electron chi connectivity index (χ4n) is 2.01. The second-order valence-electron chi connectivity index (χ2n) is 4.72. The highest BCUT2D eigenvalue weighted by atomic mass is 19.4. The summed E-state index contributed by atoms with van der Waals surface area (Å²) in [6.07, 6.45) is -3.70. The van der Waals surface area contributed by atoms with Crippen molar-refractivity contribution in [2.75, 3.05) is 0 Å². The molecule has 0 saturated heterocycles. The van der Waals surface area contributed by atoms with Gasteiger partial charge in [0.25, 0.3) is 0 Å². The average molecular weight is 248 g/mol. The Bertz CT molecular complexity index is 325. The summed E-state index contributed by atoms with van der Waals surface area (Å²) in [5.74, 6) is -0.662. The van der Waals surface area contributed by atoms with E-state index in [9.17, 15) is 18.0 Å². The summed E-state index contributed by atoms with van der Waals surface area (Å²) >= 11 is 0. The molecule has 0 bridgehead atoms. The minimum absolute atomic E-state index is 0.425. The van der Waals surface area contributed by atoms with E-state index in [0.717, 1.165) is 12.8 Å². The minimum atomic E-state index is -4.53. The molecule has 1 fully saturated rings. The second-order valence-corrected chi connectivity index (χ2v) is 4.72. The summed E-state index contributed by atoms with van der Waals surface area (Å²) in [4.78, 5) is 11.2. The van der Waals surface area contributed by atoms with Crippen LogP contribution in [0.4, 0.5) is 13.2 Å². The van der Waals surface area contributed by atoms with Gasteiger partial charge in [0.05, 0.1) is 6.07 Å². The molecule has 0 spiro atoms. The highest BCUT2D eigenvalue weighted by Gasteiger charge is 2.39. The van der Waals surface area contributed by atoms with Crippen LogP contribution in [0.15, 0.2) is 0 Å². The van der Waals surface area contributed by atoms with Crippen molar-refractivity contribution < 1.29 is 18.0 Å². The number of nitrogens with zero attached hydrogens (tertiary/aromatic N) is 1. The standard InChI is InChI=1S/C11H15F3N2O/c1-8-2-4-10(7-15,5-3-8)16-9(17)6-11(12,13)14/h8H,2-6H2,1H3,(H,16,17). The van der Waals surface area contributed by atoms with Gasteiger partial charge in [-0.25, -0.2) is 0 Å². The van der Waals surface area contributed by atoms with Crippen LogP contribution < -0.4 is 5.32 Å². The molecule has 0 aromatic rings. The smallest absolute Gasteiger partial charge is 0.338 e. The van der Waals surface area contributed by atoms with Gasteiger partial charge < -0.3 is 5.32 Å². The monoisotopic (exact) mass is 248 g/mol. The maximum Gasteiger partial charge on any atom is 0.397 e. The molecule has 0 aromatic carbocycles. The molecule has 1 saturated carbocycles. The molecule has 17 heavy (non-hydrogen) atoms. The van der Waals surface area contributed by atoms with Crippen molar-refractivity contribution in [3.63, 3.8) is 0 Å². The van der Waals surface area contributed by atoms with Crippen molar-refractivity contribution in [3.8, 4) is 6.07 Å². The van der Waals surface area contributed by atoms with Crippen LogP contribution >= 0.6 is 0 Å². The molecule has 0 unspecified atom stereocenters. The molecule has 0 aromatic heterocycles. The molecule has 6 heteroatoms. The Hall–Kier alpha value is -1.25. The Morgan fingerprint density at radius 1 is 1.47 bits per heavy atom. The van der Waals surface area contributed by atoms with Crippen LogP contribution in [0.2, 0.25) is 0 Å². The van der Waals surface area contributed by atoms with E-state index in [-0.39, 0.29) is 0 Å². The molecule has 0 aliphatic heterocycles. The fraction of sp³-hybridized carbons (Fsp3) is 0.818. The molecular formula is C11H15F3N2O. The van der Waals surface area contributed by atoms with Gasteiger partial charge in [0, 0.05) is 0 Å². The van der Waals surface area contributed by atoms with Crippen LogP contribution in [0.1, 0.15) is 39.0 Å². The SMILES string of the molecule is CC1CCC(C#N)(NC(=O)CC(F)(F)F)CC1. The lowest BCUT2D eigenvalue weighted by Gasteiger charge is -2.34. The number of nitriles is 1. The van der Waals surface area contributed by atoms with Crippen LogP contribution in [0.3, 0.4) is 0 Å². The van der Waals surface area contributed by atoms with Crippen LogP contribution in [0.5, 0.6) is 0 Å². The van der Waals surface area contributed by atoms with E-state index in [4.69, 9.17) is 5.26 Å². The number of hydrogen-bond acceptors (Lipinski definition) is 2. The molecule has 1 N–H and O–H groups in total. The Labute approximate surface area is 98.0 Å². The number of nitrogens with one attached hydrogen (secondary N) is 1. The zero-order valence-electron chi connectivity index (χ0n) is 9.60. The lowest BCUT2D eigenvalue weighted by atomic mass is 9.78. The summed E-state index contributed by atoms with van der Waals surface area (Å²) in [5.41, 5.74) is -1.10. The first-order valence-electron chi connectivity index (χ1n) is 5.55. The molecule has 0 atom stereocenters. The van der Waals surface area contributed by atoms with E-state index in [2.05, 4.69) is 5.32 Å². The highest BCUT2D eigenvalue weighted by molar-refractivity contribution is 5.78. The van der Waals surface area contributed by atoms with Gasteiger partial charge >= 0.3 is 6.18 Å². The van der Waals surface area contributed by atoms with Crippen LogP contribution in [-0.4, -0.2) is 17.6 Å². The first-order chi connectivity index (χ1) is 7.76. The summed E-state index contributed by atoms with van der Waals surface area (Å²) < 4.78 is 36.0.